The number of aromatic nitrogens is 3. The number of rotatable bonds is 4. The smallest absolute Gasteiger partial charge is 0.229 e. The summed E-state index contributed by atoms with van der Waals surface area (Å²) >= 11 is 0. The van der Waals surface area contributed by atoms with Gasteiger partial charge in [-0.05, 0) is 25.8 Å². The predicted molar refractivity (Wildman–Crippen MR) is 75.3 cm³/mol. The molecule has 98 valence electrons. The maximum absolute atomic E-state index is 5.85. The molecule has 0 unspecified atom stereocenters. The second-order valence-corrected chi connectivity index (χ2v) is 4.73. The van der Waals surface area contributed by atoms with Crippen molar-refractivity contribution in [3.63, 3.8) is 0 Å². The lowest BCUT2D eigenvalue weighted by molar-refractivity contribution is 1.06. The van der Waals surface area contributed by atoms with E-state index in [9.17, 15) is 0 Å². The van der Waals surface area contributed by atoms with Crippen molar-refractivity contribution in [2.45, 2.75) is 25.8 Å². The molecule has 6 heteroatoms. The first-order valence-corrected chi connectivity index (χ1v) is 6.29. The van der Waals surface area contributed by atoms with Gasteiger partial charge in [-0.2, -0.15) is 4.98 Å². The van der Waals surface area contributed by atoms with Crippen molar-refractivity contribution in [1.82, 2.24) is 15.0 Å². The minimum atomic E-state index is 0.522. The molecule has 2 aromatic rings. The first kappa shape index (κ1) is 11.7. The Kier molecular flexibility index (Phi) is 2.91. The van der Waals surface area contributed by atoms with Gasteiger partial charge in [-0.3, -0.25) is 4.98 Å². The van der Waals surface area contributed by atoms with Crippen LogP contribution in [0, 0.1) is 6.92 Å². The minimum absolute atomic E-state index is 0.522. The highest BCUT2D eigenvalue weighted by Gasteiger charge is 2.22. The molecule has 0 aliphatic heterocycles. The Morgan fingerprint density at radius 1 is 1.32 bits per heavy atom. The molecule has 0 aromatic carbocycles. The van der Waals surface area contributed by atoms with E-state index in [-0.39, 0.29) is 0 Å². The van der Waals surface area contributed by atoms with Crippen LogP contribution in [0.2, 0.25) is 0 Å². The molecule has 6 nitrogen and oxygen atoms in total. The van der Waals surface area contributed by atoms with E-state index in [1.165, 1.54) is 12.8 Å². The first-order valence-electron chi connectivity index (χ1n) is 6.29. The molecule has 1 fully saturated rings. The molecule has 0 atom stereocenters. The summed E-state index contributed by atoms with van der Waals surface area (Å²) in [4.78, 5) is 12.8. The number of nitrogens with one attached hydrogen (secondary N) is 2. The van der Waals surface area contributed by atoms with Gasteiger partial charge in [0, 0.05) is 24.0 Å². The summed E-state index contributed by atoms with van der Waals surface area (Å²) in [6.07, 6.45) is 7.53. The standard InChI is InChI=1S/C13H16N6/c1-8-6-16-13(19-12(8)17-9-2-3-9)18-11-7-15-5-4-10(11)14/h4-7,9H,2-3H2,1H3,(H2,14,15)(H2,16,17,18,19). The second kappa shape index (κ2) is 4.72. The molecule has 0 bridgehead atoms. The van der Waals surface area contributed by atoms with E-state index < -0.39 is 0 Å². The highest BCUT2D eigenvalue weighted by atomic mass is 15.2. The number of nitrogen functional groups attached to an aromatic ring is 1. The van der Waals surface area contributed by atoms with Crippen LogP contribution < -0.4 is 16.4 Å². The minimum Gasteiger partial charge on any atom is -0.397 e. The normalized spacial score (nSPS) is 14.2. The number of nitrogens with zero attached hydrogens (tertiary/aromatic N) is 3. The number of nitrogens with two attached hydrogens (primary N) is 1. The zero-order chi connectivity index (χ0) is 13.2. The zero-order valence-electron chi connectivity index (χ0n) is 10.7. The number of anilines is 4. The summed E-state index contributed by atoms with van der Waals surface area (Å²) in [5, 5.41) is 6.47. The van der Waals surface area contributed by atoms with Crippen molar-refractivity contribution < 1.29 is 0 Å². The molecule has 2 heterocycles. The number of pyridine rings is 1. The van der Waals surface area contributed by atoms with Crippen LogP contribution in [0.1, 0.15) is 18.4 Å². The predicted octanol–water partition coefficient (Wildman–Crippen LogP) is 2.08. The monoisotopic (exact) mass is 256 g/mol. The average Bonchev–Trinajstić information content (AvgIpc) is 3.20. The molecule has 0 amide bonds. The lowest BCUT2D eigenvalue weighted by Crippen LogP contribution is -2.08. The summed E-state index contributed by atoms with van der Waals surface area (Å²) in [6, 6.07) is 2.30. The highest BCUT2D eigenvalue weighted by molar-refractivity contribution is 5.69. The van der Waals surface area contributed by atoms with Gasteiger partial charge in [0.25, 0.3) is 0 Å². The summed E-state index contributed by atoms with van der Waals surface area (Å²) in [6.45, 7) is 1.99. The van der Waals surface area contributed by atoms with E-state index in [1.54, 1.807) is 24.7 Å². The van der Waals surface area contributed by atoms with Gasteiger partial charge in [0.2, 0.25) is 5.95 Å². The molecule has 19 heavy (non-hydrogen) atoms. The van der Waals surface area contributed by atoms with E-state index in [4.69, 9.17) is 5.73 Å². The maximum atomic E-state index is 5.85. The Labute approximate surface area is 111 Å². The maximum Gasteiger partial charge on any atom is 0.229 e. The average molecular weight is 256 g/mol. The van der Waals surface area contributed by atoms with Gasteiger partial charge in [-0.25, -0.2) is 4.98 Å². The lowest BCUT2D eigenvalue weighted by Gasteiger charge is -2.11. The van der Waals surface area contributed by atoms with E-state index >= 15 is 0 Å². The summed E-state index contributed by atoms with van der Waals surface area (Å²) in [5.74, 6) is 1.40. The topological polar surface area (TPSA) is 88.8 Å². The molecule has 0 saturated heterocycles. The molecule has 0 radical (unpaired) electrons. The Morgan fingerprint density at radius 3 is 2.89 bits per heavy atom. The van der Waals surface area contributed by atoms with Crippen molar-refractivity contribution >= 4 is 23.1 Å². The van der Waals surface area contributed by atoms with Crippen LogP contribution in [0.3, 0.4) is 0 Å². The van der Waals surface area contributed by atoms with Gasteiger partial charge >= 0.3 is 0 Å². The van der Waals surface area contributed by atoms with Crippen LogP contribution in [0.4, 0.5) is 23.1 Å². The van der Waals surface area contributed by atoms with E-state index in [0.717, 1.165) is 11.4 Å². The van der Waals surface area contributed by atoms with Crippen LogP contribution in [-0.2, 0) is 0 Å². The molecule has 1 aliphatic rings. The third-order valence-corrected chi connectivity index (χ3v) is 2.99. The molecule has 2 aromatic heterocycles. The van der Waals surface area contributed by atoms with Gasteiger partial charge in [0.05, 0.1) is 17.6 Å². The summed E-state index contributed by atoms with van der Waals surface area (Å²) < 4.78 is 0. The fourth-order valence-corrected chi connectivity index (χ4v) is 1.70. The van der Waals surface area contributed by atoms with Crippen molar-refractivity contribution in [3.05, 3.63) is 30.2 Å². The molecule has 1 aliphatic carbocycles. The van der Waals surface area contributed by atoms with Crippen LogP contribution in [-0.4, -0.2) is 21.0 Å². The van der Waals surface area contributed by atoms with Crippen LogP contribution >= 0.6 is 0 Å². The van der Waals surface area contributed by atoms with Gasteiger partial charge in [-0.15, -0.1) is 0 Å². The van der Waals surface area contributed by atoms with E-state index in [2.05, 4.69) is 25.6 Å². The molecule has 1 saturated carbocycles. The van der Waals surface area contributed by atoms with E-state index in [1.807, 2.05) is 6.92 Å². The Balaban J connectivity index is 1.82. The Bertz CT molecular complexity index is 593. The summed E-state index contributed by atoms with van der Waals surface area (Å²) in [7, 11) is 0. The van der Waals surface area contributed by atoms with Crippen molar-refractivity contribution in [3.8, 4) is 0 Å². The van der Waals surface area contributed by atoms with Gasteiger partial charge < -0.3 is 16.4 Å². The van der Waals surface area contributed by atoms with Crippen LogP contribution in [0.5, 0.6) is 0 Å². The van der Waals surface area contributed by atoms with Crippen molar-refractivity contribution in [2.75, 3.05) is 16.4 Å². The summed E-state index contributed by atoms with van der Waals surface area (Å²) in [5.41, 5.74) is 8.22. The zero-order valence-corrected chi connectivity index (χ0v) is 10.7. The molecule has 0 spiro atoms. The molecular weight excluding hydrogens is 240 g/mol. The lowest BCUT2D eigenvalue weighted by atomic mass is 10.3. The van der Waals surface area contributed by atoms with Crippen molar-refractivity contribution in [2.24, 2.45) is 0 Å². The second-order valence-electron chi connectivity index (χ2n) is 4.73. The molecular formula is C13H16N6. The fraction of sp³-hybridized carbons (Fsp3) is 0.308. The molecule has 4 N–H and O–H groups in total. The van der Waals surface area contributed by atoms with Gasteiger partial charge in [-0.1, -0.05) is 0 Å². The third kappa shape index (κ3) is 2.73. The Hall–Kier alpha value is -2.37. The third-order valence-electron chi connectivity index (χ3n) is 2.99. The van der Waals surface area contributed by atoms with Crippen LogP contribution in [0.15, 0.2) is 24.7 Å². The molecule has 3 rings (SSSR count). The fourth-order valence-electron chi connectivity index (χ4n) is 1.70. The highest BCUT2D eigenvalue weighted by Crippen LogP contribution is 2.26. The number of aryl methyl sites for hydroxylation is 1. The van der Waals surface area contributed by atoms with Crippen LogP contribution in [0.25, 0.3) is 0 Å². The largest absolute Gasteiger partial charge is 0.397 e. The SMILES string of the molecule is Cc1cnc(Nc2cnccc2N)nc1NC1CC1. The van der Waals surface area contributed by atoms with Gasteiger partial charge in [0.15, 0.2) is 0 Å². The first-order chi connectivity index (χ1) is 9.22. The Morgan fingerprint density at radius 2 is 2.16 bits per heavy atom. The quantitative estimate of drug-likeness (QED) is 0.776. The van der Waals surface area contributed by atoms with Crippen molar-refractivity contribution in [1.29, 1.82) is 0 Å². The number of hydrogen-bond donors (Lipinski definition) is 3. The number of hydrogen-bond acceptors (Lipinski definition) is 6. The van der Waals surface area contributed by atoms with Gasteiger partial charge in [0.1, 0.15) is 5.82 Å². The van der Waals surface area contributed by atoms with E-state index in [0.29, 0.717) is 23.4 Å².